The van der Waals surface area contributed by atoms with Gasteiger partial charge in [-0.15, -0.1) is 0 Å². The molecule has 2 rings (SSSR count). The van der Waals surface area contributed by atoms with E-state index < -0.39 is 0 Å². The lowest BCUT2D eigenvalue weighted by Gasteiger charge is -2.28. The van der Waals surface area contributed by atoms with Gasteiger partial charge >= 0.3 is 0 Å². The number of nitrogens with one attached hydrogen (secondary N) is 1. The number of rotatable bonds is 4. The van der Waals surface area contributed by atoms with Crippen molar-refractivity contribution in [3.05, 3.63) is 27.7 Å². The molecule has 0 aromatic heterocycles. The Morgan fingerprint density at radius 3 is 2.90 bits per heavy atom. The fraction of sp³-hybridized carbons (Fsp3) is 0.533. The van der Waals surface area contributed by atoms with Crippen LogP contribution in [-0.2, 0) is 9.53 Å². The highest BCUT2D eigenvalue weighted by molar-refractivity contribution is 9.10. The summed E-state index contributed by atoms with van der Waals surface area (Å²) in [7, 11) is 0. The van der Waals surface area contributed by atoms with Gasteiger partial charge in [0.2, 0.25) is 5.91 Å². The largest absolute Gasteiger partial charge is 0.368 e. The van der Waals surface area contributed by atoms with E-state index >= 15 is 0 Å². The van der Waals surface area contributed by atoms with Crippen molar-refractivity contribution in [2.45, 2.75) is 38.7 Å². The fourth-order valence-corrected chi connectivity index (χ4v) is 3.21. The summed E-state index contributed by atoms with van der Waals surface area (Å²) in [6.45, 7) is 2.27. The number of carbonyl (C=O) groups excluding carboxylic acids is 1. The minimum atomic E-state index is -0.160. The molecule has 0 heterocycles. The Bertz CT molecular complexity index is 481. The Balaban J connectivity index is 1.83. The predicted octanol–water partition coefficient (Wildman–Crippen LogP) is 4.64. The second kappa shape index (κ2) is 7.43. The van der Waals surface area contributed by atoms with Crippen molar-refractivity contribution in [1.82, 2.24) is 0 Å². The fourth-order valence-electron chi connectivity index (χ4n) is 2.49. The molecule has 1 aromatic rings. The molecule has 0 aliphatic heterocycles. The van der Waals surface area contributed by atoms with Crippen LogP contribution in [0.25, 0.3) is 0 Å². The monoisotopic (exact) mass is 359 g/mol. The molecule has 0 spiro atoms. The third-order valence-corrected chi connectivity index (χ3v) is 4.47. The Labute approximate surface area is 133 Å². The molecule has 3 nitrogen and oxygen atoms in total. The highest BCUT2D eigenvalue weighted by atomic mass is 79.9. The quantitative estimate of drug-likeness (QED) is 0.849. The maximum atomic E-state index is 11.9. The third-order valence-electron chi connectivity index (χ3n) is 3.67. The molecule has 0 bridgehead atoms. The lowest BCUT2D eigenvalue weighted by molar-refractivity contribution is -0.124. The molecule has 1 saturated carbocycles. The highest BCUT2D eigenvalue weighted by Gasteiger charge is 2.22. The standard InChI is InChI=1S/C15H19BrClNO2/c1-10-4-2-3-5-14(10)20-9-15(19)18-13-7-6-11(16)8-12(13)17/h6-8,10,14H,2-5,9H2,1H3,(H,18,19). The van der Waals surface area contributed by atoms with E-state index in [1.807, 2.05) is 6.07 Å². The van der Waals surface area contributed by atoms with Gasteiger partial charge in [-0.05, 0) is 37.0 Å². The first kappa shape index (κ1) is 15.8. The van der Waals surface area contributed by atoms with Crippen molar-refractivity contribution in [3.8, 4) is 0 Å². The molecule has 0 radical (unpaired) electrons. The number of benzene rings is 1. The molecule has 1 amide bonds. The Kier molecular flexibility index (Phi) is 5.87. The van der Waals surface area contributed by atoms with Gasteiger partial charge in [-0.2, -0.15) is 0 Å². The first-order chi connectivity index (χ1) is 9.56. The van der Waals surface area contributed by atoms with Crippen molar-refractivity contribution in [2.24, 2.45) is 5.92 Å². The second-order valence-corrected chi connectivity index (χ2v) is 6.61. The first-order valence-electron chi connectivity index (χ1n) is 6.93. The molecular formula is C15H19BrClNO2. The summed E-state index contributed by atoms with van der Waals surface area (Å²) in [5.74, 6) is 0.375. The summed E-state index contributed by atoms with van der Waals surface area (Å²) >= 11 is 9.39. The van der Waals surface area contributed by atoms with Crippen molar-refractivity contribution in [3.63, 3.8) is 0 Å². The van der Waals surface area contributed by atoms with Crippen LogP contribution in [0, 0.1) is 5.92 Å². The van der Waals surface area contributed by atoms with E-state index in [0.717, 1.165) is 10.9 Å². The minimum Gasteiger partial charge on any atom is -0.368 e. The molecule has 1 aliphatic rings. The topological polar surface area (TPSA) is 38.3 Å². The van der Waals surface area contributed by atoms with Crippen LogP contribution in [0.2, 0.25) is 5.02 Å². The number of anilines is 1. The van der Waals surface area contributed by atoms with E-state index in [1.165, 1.54) is 19.3 Å². The van der Waals surface area contributed by atoms with E-state index in [2.05, 4.69) is 28.2 Å². The number of ether oxygens (including phenoxy) is 1. The molecule has 2 unspecified atom stereocenters. The maximum Gasteiger partial charge on any atom is 0.250 e. The normalized spacial score (nSPS) is 22.6. The Morgan fingerprint density at radius 1 is 1.45 bits per heavy atom. The van der Waals surface area contributed by atoms with Gasteiger partial charge in [-0.3, -0.25) is 4.79 Å². The van der Waals surface area contributed by atoms with E-state index in [1.54, 1.807) is 12.1 Å². The van der Waals surface area contributed by atoms with Gasteiger partial charge in [-0.25, -0.2) is 0 Å². The van der Waals surface area contributed by atoms with Gasteiger partial charge < -0.3 is 10.1 Å². The molecular weight excluding hydrogens is 342 g/mol. The lowest BCUT2D eigenvalue weighted by atomic mass is 9.88. The minimum absolute atomic E-state index is 0.0847. The van der Waals surface area contributed by atoms with Crippen LogP contribution in [0.3, 0.4) is 0 Å². The van der Waals surface area contributed by atoms with E-state index in [9.17, 15) is 4.79 Å². The SMILES string of the molecule is CC1CCCCC1OCC(=O)Nc1ccc(Br)cc1Cl. The van der Waals surface area contributed by atoms with Crippen LogP contribution in [0.4, 0.5) is 5.69 Å². The summed E-state index contributed by atoms with van der Waals surface area (Å²) in [5, 5.41) is 3.29. The van der Waals surface area contributed by atoms with E-state index in [4.69, 9.17) is 16.3 Å². The number of carbonyl (C=O) groups is 1. The number of halogens is 2. The number of amides is 1. The second-order valence-electron chi connectivity index (χ2n) is 5.28. The zero-order chi connectivity index (χ0) is 14.5. The van der Waals surface area contributed by atoms with Gasteiger partial charge in [0.15, 0.2) is 0 Å². The third kappa shape index (κ3) is 4.47. The van der Waals surface area contributed by atoms with Gasteiger partial charge in [0.1, 0.15) is 6.61 Å². The molecule has 1 aromatic carbocycles. The molecule has 5 heteroatoms. The van der Waals surface area contributed by atoms with Gasteiger partial charge in [-0.1, -0.05) is 47.3 Å². The van der Waals surface area contributed by atoms with Crippen molar-refractivity contribution < 1.29 is 9.53 Å². The van der Waals surface area contributed by atoms with Crippen LogP contribution >= 0.6 is 27.5 Å². The van der Waals surface area contributed by atoms with Gasteiger partial charge in [0.05, 0.1) is 16.8 Å². The molecule has 2 atom stereocenters. The predicted molar refractivity (Wildman–Crippen MR) is 85.2 cm³/mol. The number of hydrogen-bond acceptors (Lipinski definition) is 2. The van der Waals surface area contributed by atoms with Crippen LogP contribution in [-0.4, -0.2) is 18.6 Å². The Morgan fingerprint density at radius 2 is 2.20 bits per heavy atom. The maximum absolute atomic E-state index is 11.9. The van der Waals surface area contributed by atoms with Gasteiger partial charge in [0.25, 0.3) is 0 Å². The smallest absolute Gasteiger partial charge is 0.250 e. The lowest BCUT2D eigenvalue weighted by Crippen LogP contribution is -2.29. The summed E-state index contributed by atoms with van der Waals surface area (Å²) in [5.41, 5.74) is 0.611. The summed E-state index contributed by atoms with van der Waals surface area (Å²) < 4.78 is 6.61. The molecule has 1 fully saturated rings. The molecule has 1 aliphatic carbocycles. The van der Waals surface area contributed by atoms with Crippen LogP contribution in [0.5, 0.6) is 0 Å². The van der Waals surface area contributed by atoms with Crippen molar-refractivity contribution in [2.75, 3.05) is 11.9 Å². The number of hydrogen-bond donors (Lipinski definition) is 1. The molecule has 20 heavy (non-hydrogen) atoms. The summed E-state index contributed by atoms with van der Waals surface area (Å²) in [6, 6.07) is 5.36. The first-order valence-corrected chi connectivity index (χ1v) is 8.10. The zero-order valence-electron chi connectivity index (χ0n) is 11.5. The van der Waals surface area contributed by atoms with Crippen molar-refractivity contribution in [1.29, 1.82) is 0 Å². The van der Waals surface area contributed by atoms with Crippen molar-refractivity contribution >= 4 is 39.1 Å². The molecule has 1 N–H and O–H groups in total. The highest BCUT2D eigenvalue weighted by Crippen LogP contribution is 2.27. The summed E-state index contributed by atoms with van der Waals surface area (Å²) in [4.78, 5) is 11.9. The zero-order valence-corrected chi connectivity index (χ0v) is 13.8. The van der Waals surface area contributed by atoms with Crippen LogP contribution in [0.1, 0.15) is 32.6 Å². The van der Waals surface area contributed by atoms with Crippen LogP contribution in [0.15, 0.2) is 22.7 Å². The average molecular weight is 361 g/mol. The Hall–Kier alpha value is -0.580. The summed E-state index contributed by atoms with van der Waals surface area (Å²) in [6.07, 6.45) is 4.89. The van der Waals surface area contributed by atoms with Crippen LogP contribution < -0.4 is 5.32 Å². The van der Waals surface area contributed by atoms with E-state index in [0.29, 0.717) is 16.6 Å². The average Bonchev–Trinajstić information content (AvgIpc) is 2.41. The molecule has 110 valence electrons. The molecule has 0 saturated heterocycles. The van der Waals surface area contributed by atoms with E-state index in [-0.39, 0.29) is 18.6 Å². The van der Waals surface area contributed by atoms with Gasteiger partial charge in [0, 0.05) is 4.47 Å².